The Hall–Kier alpha value is -2.03. The van der Waals surface area contributed by atoms with E-state index in [2.05, 4.69) is 9.56 Å². The molecule has 0 aliphatic carbocycles. The molecule has 2 aliphatic heterocycles. The number of benzene rings is 1. The summed E-state index contributed by atoms with van der Waals surface area (Å²) in [6.45, 7) is 0.657. The van der Waals surface area contributed by atoms with Crippen molar-refractivity contribution in [2.45, 2.75) is 41.5 Å². The average molecular weight is 451 g/mol. The number of hydrogen-bond donors (Lipinski definition) is 1. The SMILES string of the molecule is CS(=O)(=O)C1=c2c(Sc3ccc(Cl)cc3)c3n(c2=CCC=N1)CCC3CC(=O)O. The quantitative estimate of drug-likeness (QED) is 0.756. The van der Waals surface area contributed by atoms with Gasteiger partial charge >= 0.3 is 5.97 Å². The van der Waals surface area contributed by atoms with Crippen LogP contribution in [0.2, 0.25) is 5.02 Å². The smallest absolute Gasteiger partial charge is 0.304 e. The minimum absolute atomic E-state index is 0.00848. The van der Waals surface area contributed by atoms with Crippen LogP contribution in [0.5, 0.6) is 0 Å². The maximum Gasteiger partial charge on any atom is 0.304 e. The second-order valence-corrected chi connectivity index (χ2v) is 10.5. The van der Waals surface area contributed by atoms with E-state index in [1.54, 1.807) is 18.3 Å². The average Bonchev–Trinajstić information content (AvgIpc) is 3.06. The number of fused-ring (bicyclic) bond motifs is 3. The Morgan fingerprint density at radius 1 is 1.34 bits per heavy atom. The van der Waals surface area contributed by atoms with Crippen LogP contribution in [0.25, 0.3) is 11.1 Å². The Balaban J connectivity index is 2.04. The summed E-state index contributed by atoms with van der Waals surface area (Å²) in [4.78, 5) is 17.4. The monoisotopic (exact) mass is 450 g/mol. The number of nitrogens with zero attached hydrogens (tertiary/aromatic N) is 2. The first-order valence-corrected chi connectivity index (χ1v) is 12.2. The number of carboxylic acids is 1. The van der Waals surface area contributed by atoms with E-state index < -0.39 is 15.8 Å². The fourth-order valence-electron chi connectivity index (χ4n) is 3.90. The number of rotatable bonds is 5. The molecular formula is C20H19ClN2O4S2. The van der Waals surface area contributed by atoms with Gasteiger partial charge in [-0.2, -0.15) is 0 Å². The maximum absolute atomic E-state index is 12.5. The first kappa shape index (κ1) is 20.3. The Kier molecular flexibility index (Phi) is 5.35. The lowest BCUT2D eigenvalue weighted by Crippen LogP contribution is -2.32. The van der Waals surface area contributed by atoms with Crippen molar-refractivity contribution in [2.24, 2.45) is 4.99 Å². The van der Waals surface area contributed by atoms with Gasteiger partial charge in [0.25, 0.3) is 0 Å². The van der Waals surface area contributed by atoms with Crippen LogP contribution in [0.4, 0.5) is 0 Å². The predicted octanol–water partition coefficient (Wildman–Crippen LogP) is 2.62. The van der Waals surface area contributed by atoms with Crippen LogP contribution in [-0.4, -0.2) is 36.5 Å². The second kappa shape index (κ2) is 7.66. The summed E-state index contributed by atoms with van der Waals surface area (Å²) in [5.41, 5.74) is 0.881. The van der Waals surface area contributed by atoms with Crippen LogP contribution in [-0.2, 0) is 21.2 Å². The van der Waals surface area contributed by atoms with Crippen LogP contribution >= 0.6 is 23.4 Å². The normalized spacial score (nSPS) is 18.1. The molecule has 1 atom stereocenters. The number of hydrogen-bond acceptors (Lipinski definition) is 5. The molecular weight excluding hydrogens is 432 g/mol. The molecule has 0 fully saturated rings. The zero-order valence-electron chi connectivity index (χ0n) is 15.6. The summed E-state index contributed by atoms with van der Waals surface area (Å²) in [6.07, 6.45) is 5.97. The Labute approximate surface area is 177 Å². The van der Waals surface area contributed by atoms with Gasteiger partial charge in [-0.15, -0.1) is 0 Å². The standard InChI is InChI=1S/C20H19ClN2O4S2/c1-29(26,27)20-17-15(3-2-9-22-20)23-10-8-12(11-16(24)25)18(23)19(17)28-14-6-4-13(21)5-7-14/h3-7,9,12H,2,8,10-11H2,1H3,(H,24,25). The molecule has 1 unspecified atom stereocenters. The van der Waals surface area contributed by atoms with Crippen LogP contribution in [0, 0.1) is 0 Å². The summed E-state index contributed by atoms with van der Waals surface area (Å²) in [7, 11) is -3.58. The summed E-state index contributed by atoms with van der Waals surface area (Å²) < 4.78 is 27.2. The van der Waals surface area contributed by atoms with Gasteiger partial charge in [-0.3, -0.25) is 4.79 Å². The van der Waals surface area contributed by atoms with Crippen LogP contribution in [0.1, 0.15) is 30.9 Å². The highest BCUT2D eigenvalue weighted by atomic mass is 35.5. The Morgan fingerprint density at radius 2 is 2.07 bits per heavy atom. The van der Waals surface area contributed by atoms with Crippen molar-refractivity contribution in [3.05, 3.63) is 45.5 Å². The summed E-state index contributed by atoms with van der Waals surface area (Å²) >= 11 is 7.43. The third kappa shape index (κ3) is 3.89. The molecule has 1 N–H and O–H groups in total. The molecule has 1 aromatic heterocycles. The number of carbonyl (C=O) groups is 1. The number of aliphatic carboxylic acids is 1. The molecule has 0 saturated carbocycles. The van der Waals surface area contributed by atoms with E-state index >= 15 is 0 Å². The fraction of sp³-hybridized carbons (Fsp3) is 0.300. The molecule has 0 saturated heterocycles. The van der Waals surface area contributed by atoms with Gasteiger partial charge in [0.1, 0.15) is 0 Å². The minimum Gasteiger partial charge on any atom is -0.481 e. The van der Waals surface area contributed by atoms with Gasteiger partial charge in [-0.1, -0.05) is 29.4 Å². The number of carboxylic acid groups (broad SMARTS) is 1. The van der Waals surface area contributed by atoms with E-state index in [0.717, 1.165) is 27.1 Å². The third-order valence-electron chi connectivity index (χ3n) is 5.03. The number of aromatic nitrogens is 1. The largest absolute Gasteiger partial charge is 0.481 e. The van der Waals surface area contributed by atoms with E-state index in [1.807, 2.05) is 18.2 Å². The maximum atomic E-state index is 12.5. The van der Waals surface area contributed by atoms with Gasteiger partial charge in [-0.25, -0.2) is 13.4 Å². The highest BCUT2D eigenvalue weighted by molar-refractivity contribution is 8.00. The van der Waals surface area contributed by atoms with Crippen LogP contribution in [0.3, 0.4) is 0 Å². The zero-order chi connectivity index (χ0) is 20.8. The number of sulfone groups is 1. The zero-order valence-corrected chi connectivity index (χ0v) is 18.0. The van der Waals surface area contributed by atoms with Gasteiger partial charge in [-0.05, 0) is 30.7 Å². The fourth-order valence-corrected chi connectivity index (χ4v) is 6.12. The van der Waals surface area contributed by atoms with Crippen molar-refractivity contribution in [1.29, 1.82) is 0 Å². The van der Waals surface area contributed by atoms with Crippen molar-refractivity contribution in [3.8, 4) is 0 Å². The van der Waals surface area contributed by atoms with Gasteiger partial charge < -0.3 is 9.67 Å². The predicted molar refractivity (Wildman–Crippen MR) is 115 cm³/mol. The Morgan fingerprint density at radius 3 is 2.72 bits per heavy atom. The topological polar surface area (TPSA) is 88.7 Å². The number of halogens is 1. The van der Waals surface area contributed by atoms with Crippen LogP contribution in [0.15, 0.2) is 39.0 Å². The van der Waals surface area contributed by atoms with Gasteiger partial charge in [0.2, 0.25) is 0 Å². The Bertz CT molecular complexity index is 1240. The molecule has 0 bridgehead atoms. The molecule has 0 spiro atoms. The van der Waals surface area contributed by atoms with Crippen molar-refractivity contribution in [3.63, 3.8) is 0 Å². The molecule has 0 radical (unpaired) electrons. The lowest BCUT2D eigenvalue weighted by Gasteiger charge is -2.11. The third-order valence-corrected chi connectivity index (χ3v) is 7.42. The van der Waals surface area contributed by atoms with E-state index in [-0.39, 0.29) is 17.4 Å². The summed E-state index contributed by atoms with van der Waals surface area (Å²) in [6, 6.07) is 7.29. The molecule has 152 valence electrons. The highest BCUT2D eigenvalue weighted by Gasteiger charge is 2.32. The van der Waals surface area contributed by atoms with E-state index in [4.69, 9.17) is 11.6 Å². The molecule has 6 nitrogen and oxygen atoms in total. The van der Waals surface area contributed by atoms with Gasteiger partial charge in [0.05, 0.1) is 11.6 Å². The minimum atomic E-state index is -3.58. The van der Waals surface area contributed by atoms with E-state index in [9.17, 15) is 18.3 Å². The van der Waals surface area contributed by atoms with Crippen molar-refractivity contribution in [2.75, 3.05) is 6.26 Å². The molecule has 29 heavy (non-hydrogen) atoms. The summed E-state index contributed by atoms with van der Waals surface area (Å²) in [5, 5.41) is 11.4. The molecule has 2 aliphatic rings. The lowest BCUT2D eigenvalue weighted by molar-refractivity contribution is -0.137. The molecule has 2 aromatic rings. The summed E-state index contributed by atoms with van der Waals surface area (Å²) in [5.74, 6) is -1.04. The highest BCUT2D eigenvalue weighted by Crippen LogP contribution is 2.39. The van der Waals surface area contributed by atoms with Crippen molar-refractivity contribution in [1.82, 2.24) is 4.57 Å². The lowest BCUT2D eigenvalue weighted by atomic mass is 10.0. The van der Waals surface area contributed by atoms with Gasteiger partial charge in [0.15, 0.2) is 14.9 Å². The van der Waals surface area contributed by atoms with Crippen molar-refractivity contribution >= 4 is 56.5 Å². The first-order chi connectivity index (χ1) is 13.8. The van der Waals surface area contributed by atoms with Crippen molar-refractivity contribution < 1.29 is 18.3 Å². The molecule has 4 rings (SSSR count). The molecule has 3 heterocycles. The second-order valence-electron chi connectivity index (χ2n) is 7.09. The molecule has 1 aromatic carbocycles. The van der Waals surface area contributed by atoms with Gasteiger partial charge in [0, 0.05) is 57.2 Å². The van der Waals surface area contributed by atoms with Crippen LogP contribution < -0.4 is 10.6 Å². The molecule has 9 heteroatoms. The van der Waals surface area contributed by atoms with E-state index in [0.29, 0.717) is 29.6 Å². The molecule has 0 amide bonds. The first-order valence-electron chi connectivity index (χ1n) is 9.10. The van der Waals surface area contributed by atoms with E-state index in [1.165, 1.54) is 11.8 Å². The number of aliphatic imine (C=N–C) groups is 1.